The zero-order chi connectivity index (χ0) is 24.5. The number of H-pyrrole nitrogens is 1. The molecule has 2 aromatic rings. The van der Waals surface area contributed by atoms with Gasteiger partial charge in [0, 0.05) is 29.9 Å². The first-order valence-electron chi connectivity index (χ1n) is 10.2. The Bertz CT molecular complexity index is 1030. The maximum absolute atomic E-state index is 13.0. The van der Waals surface area contributed by atoms with Gasteiger partial charge in [-0.3, -0.25) is 24.0 Å². The highest BCUT2D eigenvalue weighted by molar-refractivity contribution is 5.94. The minimum Gasteiger partial charge on any atom is -0.481 e. The molecular weight excluding hydrogens is 434 g/mol. The largest absolute Gasteiger partial charge is 0.481 e. The maximum Gasteiger partial charge on any atom is 0.322 e. The van der Waals surface area contributed by atoms with Crippen LogP contribution in [0.2, 0.25) is 0 Å². The number of aliphatic carboxylic acids is 2. The number of rotatable bonds is 12. The average molecular weight is 461 g/mol. The molecule has 1 aromatic carbocycles. The lowest BCUT2D eigenvalue weighted by Gasteiger charge is -2.23. The maximum atomic E-state index is 13.0. The molecule has 33 heavy (non-hydrogen) atoms. The first kappa shape index (κ1) is 25.3. The van der Waals surface area contributed by atoms with E-state index in [0.29, 0.717) is 0 Å². The summed E-state index contributed by atoms with van der Waals surface area (Å²) in [6.07, 6.45) is 1.06. The lowest BCUT2D eigenvalue weighted by molar-refractivity contribution is -0.140. The average Bonchev–Trinajstić information content (AvgIpc) is 3.16. The summed E-state index contributed by atoms with van der Waals surface area (Å²) < 4.78 is 0. The SMILES string of the molecule is CC(N)C(=O)NC(Cc1c[nH]c2ccccc12)C(=O)NC(CCC(=O)O)C(=O)NCC(=O)O. The third-order valence-corrected chi connectivity index (χ3v) is 4.84. The second-order valence-electron chi connectivity index (χ2n) is 7.52. The molecule has 0 aliphatic heterocycles. The molecule has 2 rings (SSSR count). The van der Waals surface area contributed by atoms with Gasteiger partial charge in [0.05, 0.1) is 6.04 Å². The van der Waals surface area contributed by atoms with Crippen LogP contribution in [0, 0.1) is 0 Å². The van der Waals surface area contributed by atoms with Gasteiger partial charge in [-0.1, -0.05) is 18.2 Å². The van der Waals surface area contributed by atoms with Crippen LogP contribution in [0.1, 0.15) is 25.3 Å². The predicted octanol–water partition coefficient (Wildman–Crippen LogP) is -0.907. The molecule has 3 unspecified atom stereocenters. The summed E-state index contributed by atoms with van der Waals surface area (Å²) >= 11 is 0. The molecule has 0 saturated carbocycles. The molecule has 0 radical (unpaired) electrons. The number of hydrogen-bond acceptors (Lipinski definition) is 6. The third-order valence-electron chi connectivity index (χ3n) is 4.84. The van der Waals surface area contributed by atoms with Crippen molar-refractivity contribution in [2.75, 3.05) is 6.54 Å². The van der Waals surface area contributed by atoms with E-state index in [1.54, 1.807) is 6.20 Å². The molecule has 1 aromatic heterocycles. The number of carbonyl (C=O) groups is 5. The van der Waals surface area contributed by atoms with Gasteiger partial charge in [0.15, 0.2) is 0 Å². The lowest BCUT2D eigenvalue weighted by Crippen LogP contribution is -2.56. The second-order valence-corrected chi connectivity index (χ2v) is 7.52. The van der Waals surface area contributed by atoms with Crippen molar-refractivity contribution in [2.45, 2.75) is 44.3 Å². The summed E-state index contributed by atoms with van der Waals surface area (Å²) in [6.45, 7) is 0.753. The molecule has 3 amide bonds. The molecule has 1 heterocycles. The Balaban J connectivity index is 2.23. The van der Waals surface area contributed by atoms with Gasteiger partial charge in [-0.15, -0.1) is 0 Å². The monoisotopic (exact) mass is 461 g/mol. The van der Waals surface area contributed by atoms with E-state index in [-0.39, 0.29) is 12.8 Å². The van der Waals surface area contributed by atoms with Crippen LogP contribution in [0.25, 0.3) is 10.9 Å². The summed E-state index contributed by atoms with van der Waals surface area (Å²) in [5.74, 6) is -4.67. The molecule has 0 aliphatic rings. The summed E-state index contributed by atoms with van der Waals surface area (Å²) in [4.78, 5) is 62.4. The number of benzene rings is 1. The third kappa shape index (κ3) is 7.61. The fourth-order valence-corrected chi connectivity index (χ4v) is 3.13. The van der Waals surface area contributed by atoms with Gasteiger partial charge in [-0.2, -0.15) is 0 Å². The van der Waals surface area contributed by atoms with Crippen molar-refractivity contribution < 1.29 is 34.2 Å². The second kappa shape index (κ2) is 11.6. The van der Waals surface area contributed by atoms with Crippen LogP contribution in [0.4, 0.5) is 0 Å². The van der Waals surface area contributed by atoms with Gasteiger partial charge in [0.2, 0.25) is 17.7 Å². The Labute approximate surface area is 188 Å². The molecule has 12 nitrogen and oxygen atoms in total. The van der Waals surface area contributed by atoms with E-state index in [1.807, 2.05) is 24.3 Å². The van der Waals surface area contributed by atoms with Crippen molar-refractivity contribution in [3.05, 3.63) is 36.0 Å². The quantitative estimate of drug-likeness (QED) is 0.210. The Hall–Kier alpha value is -3.93. The van der Waals surface area contributed by atoms with Gasteiger partial charge in [-0.05, 0) is 25.0 Å². The van der Waals surface area contributed by atoms with Crippen LogP contribution in [0.3, 0.4) is 0 Å². The molecule has 0 fully saturated rings. The van der Waals surface area contributed by atoms with Crippen LogP contribution in [0.5, 0.6) is 0 Å². The first-order chi connectivity index (χ1) is 15.6. The molecule has 8 N–H and O–H groups in total. The van der Waals surface area contributed by atoms with Crippen molar-refractivity contribution in [1.29, 1.82) is 0 Å². The van der Waals surface area contributed by atoms with E-state index >= 15 is 0 Å². The number of carbonyl (C=O) groups excluding carboxylic acids is 3. The Morgan fingerprint density at radius 3 is 2.27 bits per heavy atom. The Morgan fingerprint density at radius 1 is 0.970 bits per heavy atom. The first-order valence-corrected chi connectivity index (χ1v) is 10.2. The molecule has 0 bridgehead atoms. The Morgan fingerprint density at radius 2 is 1.64 bits per heavy atom. The van der Waals surface area contributed by atoms with Gasteiger partial charge in [0.25, 0.3) is 0 Å². The summed E-state index contributed by atoms with van der Waals surface area (Å²) in [7, 11) is 0. The van der Waals surface area contributed by atoms with Crippen molar-refractivity contribution in [1.82, 2.24) is 20.9 Å². The van der Waals surface area contributed by atoms with E-state index in [9.17, 15) is 24.0 Å². The zero-order valence-electron chi connectivity index (χ0n) is 18.0. The molecule has 0 aliphatic carbocycles. The standard InChI is InChI=1S/C21H27N5O7/c1-11(22)19(31)26-16(8-12-9-23-14-5-3-2-4-13(12)14)21(33)25-15(6-7-17(27)28)20(32)24-10-18(29)30/h2-5,9,11,15-16,23H,6-8,10,22H2,1H3,(H,24,32)(H,25,33)(H,26,31)(H,27,28)(H,29,30). The number of fused-ring (bicyclic) bond motifs is 1. The van der Waals surface area contributed by atoms with Crippen molar-refractivity contribution in [2.24, 2.45) is 5.73 Å². The van der Waals surface area contributed by atoms with E-state index < -0.39 is 60.8 Å². The van der Waals surface area contributed by atoms with Crippen molar-refractivity contribution in [3.8, 4) is 0 Å². The highest BCUT2D eigenvalue weighted by Crippen LogP contribution is 2.19. The number of hydrogen-bond donors (Lipinski definition) is 7. The Kier molecular flexibility index (Phi) is 8.92. The highest BCUT2D eigenvalue weighted by Gasteiger charge is 2.29. The number of nitrogens with one attached hydrogen (secondary N) is 4. The number of aromatic nitrogens is 1. The number of para-hydroxylation sites is 1. The molecule has 0 spiro atoms. The molecule has 178 valence electrons. The summed E-state index contributed by atoms with van der Waals surface area (Å²) in [5, 5.41) is 25.6. The number of nitrogens with two attached hydrogens (primary N) is 1. The lowest BCUT2D eigenvalue weighted by atomic mass is 10.0. The minimum atomic E-state index is -1.31. The normalized spacial score (nSPS) is 13.5. The molecule has 12 heteroatoms. The fourth-order valence-electron chi connectivity index (χ4n) is 3.13. The molecule has 0 saturated heterocycles. The van der Waals surface area contributed by atoms with Crippen molar-refractivity contribution >= 4 is 40.6 Å². The summed E-state index contributed by atoms with van der Waals surface area (Å²) in [6, 6.07) is 4.02. The van der Waals surface area contributed by atoms with Gasteiger partial charge >= 0.3 is 11.9 Å². The number of carboxylic acids is 2. The van der Waals surface area contributed by atoms with Gasteiger partial charge < -0.3 is 36.9 Å². The number of carboxylic acid groups (broad SMARTS) is 2. The van der Waals surface area contributed by atoms with Crippen molar-refractivity contribution in [3.63, 3.8) is 0 Å². The van der Waals surface area contributed by atoms with Crippen LogP contribution in [-0.2, 0) is 30.4 Å². The van der Waals surface area contributed by atoms with E-state index in [4.69, 9.17) is 15.9 Å². The highest BCUT2D eigenvalue weighted by atomic mass is 16.4. The smallest absolute Gasteiger partial charge is 0.322 e. The van der Waals surface area contributed by atoms with Crippen LogP contribution < -0.4 is 21.7 Å². The number of amides is 3. The van der Waals surface area contributed by atoms with Crippen LogP contribution >= 0.6 is 0 Å². The summed E-state index contributed by atoms with van der Waals surface area (Å²) in [5.41, 5.74) is 7.17. The van der Waals surface area contributed by atoms with Crippen LogP contribution in [0.15, 0.2) is 30.5 Å². The van der Waals surface area contributed by atoms with E-state index in [2.05, 4.69) is 20.9 Å². The number of aromatic amines is 1. The molecule has 3 atom stereocenters. The van der Waals surface area contributed by atoms with E-state index in [0.717, 1.165) is 16.5 Å². The van der Waals surface area contributed by atoms with Gasteiger partial charge in [0.1, 0.15) is 18.6 Å². The van der Waals surface area contributed by atoms with Gasteiger partial charge in [-0.25, -0.2) is 0 Å². The minimum absolute atomic E-state index is 0.0662. The topological polar surface area (TPSA) is 204 Å². The zero-order valence-corrected chi connectivity index (χ0v) is 18.0. The van der Waals surface area contributed by atoms with Crippen LogP contribution in [-0.4, -0.2) is 69.5 Å². The molecular formula is C21H27N5O7. The van der Waals surface area contributed by atoms with E-state index in [1.165, 1.54) is 6.92 Å². The predicted molar refractivity (Wildman–Crippen MR) is 117 cm³/mol. The fraction of sp³-hybridized carbons (Fsp3) is 0.381.